The molecule has 7 nitrogen and oxygen atoms in total. The summed E-state index contributed by atoms with van der Waals surface area (Å²) >= 11 is 0. The Morgan fingerprint density at radius 2 is 1.71 bits per heavy atom. The van der Waals surface area contributed by atoms with Gasteiger partial charge in [0.25, 0.3) is 0 Å². The quantitative estimate of drug-likeness (QED) is 0.603. The highest BCUT2D eigenvalue weighted by molar-refractivity contribution is 5.91. The van der Waals surface area contributed by atoms with Gasteiger partial charge in [-0.1, -0.05) is 43.0 Å². The Morgan fingerprint density at radius 1 is 1.03 bits per heavy atom. The van der Waals surface area contributed by atoms with Gasteiger partial charge >= 0.3 is 6.09 Å². The molecule has 3 amide bonds. The van der Waals surface area contributed by atoms with Crippen molar-refractivity contribution < 1.29 is 19.1 Å². The van der Waals surface area contributed by atoms with Gasteiger partial charge in [-0.3, -0.25) is 9.59 Å². The molecule has 3 rings (SSSR count). The molecule has 34 heavy (non-hydrogen) atoms. The van der Waals surface area contributed by atoms with Crippen LogP contribution in [-0.4, -0.2) is 47.0 Å². The number of ether oxygens (including phenoxy) is 1. The van der Waals surface area contributed by atoms with Crippen LogP contribution >= 0.6 is 0 Å². The standard InChI is InChI=1S/C27H41N3O4/c1-18-14-15-22(19(2)16-18)24(25(32)29-20-10-7-6-8-11-20)30(21-12-9-13-21)23(31)17-28-26(33)34-27(3,4)5/h14-16,20-21,24H,6-13,17H2,1-5H3,(H,28,33)(H,29,32). The molecule has 1 unspecified atom stereocenters. The molecule has 2 aliphatic rings. The van der Waals surface area contributed by atoms with Gasteiger partial charge in [0.05, 0.1) is 0 Å². The summed E-state index contributed by atoms with van der Waals surface area (Å²) in [6.45, 7) is 9.14. The average Bonchev–Trinajstić information content (AvgIpc) is 2.71. The van der Waals surface area contributed by atoms with Gasteiger partial charge in [-0.15, -0.1) is 0 Å². The smallest absolute Gasteiger partial charge is 0.408 e. The molecule has 2 saturated carbocycles. The fourth-order valence-corrected chi connectivity index (χ4v) is 4.85. The molecule has 0 radical (unpaired) electrons. The van der Waals surface area contributed by atoms with E-state index in [4.69, 9.17) is 4.74 Å². The highest BCUT2D eigenvalue weighted by Gasteiger charge is 2.40. The summed E-state index contributed by atoms with van der Waals surface area (Å²) in [6.07, 6.45) is 7.49. The zero-order valence-electron chi connectivity index (χ0n) is 21.4. The van der Waals surface area contributed by atoms with Crippen LogP contribution in [0.1, 0.15) is 94.9 Å². The van der Waals surface area contributed by atoms with Crippen LogP contribution in [-0.2, 0) is 14.3 Å². The van der Waals surface area contributed by atoms with Crippen LogP contribution < -0.4 is 10.6 Å². The van der Waals surface area contributed by atoms with E-state index in [0.717, 1.165) is 61.6 Å². The summed E-state index contributed by atoms with van der Waals surface area (Å²) in [6, 6.07) is 5.42. The molecule has 2 N–H and O–H groups in total. The zero-order chi connectivity index (χ0) is 24.9. The molecule has 1 aromatic carbocycles. The topological polar surface area (TPSA) is 87.7 Å². The molecule has 0 saturated heterocycles. The van der Waals surface area contributed by atoms with Crippen LogP contribution in [0.3, 0.4) is 0 Å². The van der Waals surface area contributed by atoms with E-state index in [2.05, 4.69) is 16.7 Å². The van der Waals surface area contributed by atoms with E-state index in [0.29, 0.717) is 0 Å². The molecule has 0 spiro atoms. The summed E-state index contributed by atoms with van der Waals surface area (Å²) in [4.78, 5) is 41.2. The van der Waals surface area contributed by atoms with Crippen molar-refractivity contribution in [1.82, 2.24) is 15.5 Å². The minimum atomic E-state index is -0.722. The van der Waals surface area contributed by atoms with Crippen LogP contribution in [0.15, 0.2) is 18.2 Å². The maximum Gasteiger partial charge on any atom is 0.408 e. The number of carbonyl (C=O) groups excluding carboxylic acids is 3. The van der Waals surface area contributed by atoms with Crippen molar-refractivity contribution in [2.24, 2.45) is 0 Å². The van der Waals surface area contributed by atoms with E-state index >= 15 is 0 Å². The molecule has 188 valence electrons. The maximum atomic E-state index is 13.7. The second-order valence-corrected chi connectivity index (χ2v) is 10.8. The van der Waals surface area contributed by atoms with Crippen molar-refractivity contribution in [2.75, 3.05) is 6.54 Å². The minimum Gasteiger partial charge on any atom is -0.444 e. The van der Waals surface area contributed by atoms with Crippen molar-refractivity contribution in [2.45, 2.75) is 110 Å². The highest BCUT2D eigenvalue weighted by Crippen LogP contribution is 2.35. The fraction of sp³-hybridized carbons (Fsp3) is 0.667. The van der Waals surface area contributed by atoms with E-state index < -0.39 is 17.7 Å². The lowest BCUT2D eigenvalue weighted by atomic mass is 9.87. The third-order valence-corrected chi connectivity index (χ3v) is 6.74. The van der Waals surface area contributed by atoms with Gasteiger partial charge in [-0.25, -0.2) is 4.79 Å². The molecule has 1 atom stereocenters. The SMILES string of the molecule is Cc1ccc(C(C(=O)NC2CCCCC2)N(C(=O)CNC(=O)OC(C)(C)C)C2CCC2)c(C)c1. The van der Waals surface area contributed by atoms with Crippen molar-refractivity contribution in [3.63, 3.8) is 0 Å². The number of alkyl carbamates (subject to hydrolysis) is 1. The Morgan fingerprint density at radius 3 is 2.26 bits per heavy atom. The largest absolute Gasteiger partial charge is 0.444 e. The van der Waals surface area contributed by atoms with E-state index in [9.17, 15) is 14.4 Å². The monoisotopic (exact) mass is 471 g/mol. The lowest BCUT2D eigenvalue weighted by molar-refractivity contribution is -0.145. The summed E-state index contributed by atoms with van der Waals surface area (Å²) in [7, 11) is 0. The van der Waals surface area contributed by atoms with Crippen LogP contribution in [0.4, 0.5) is 4.79 Å². The van der Waals surface area contributed by atoms with Crippen LogP contribution in [0, 0.1) is 13.8 Å². The lowest BCUT2D eigenvalue weighted by Crippen LogP contribution is -2.55. The van der Waals surface area contributed by atoms with Gasteiger partial charge in [0, 0.05) is 12.1 Å². The summed E-state index contributed by atoms with van der Waals surface area (Å²) in [5.41, 5.74) is 2.29. The number of nitrogens with one attached hydrogen (secondary N) is 2. The van der Waals surface area contributed by atoms with Crippen molar-refractivity contribution >= 4 is 17.9 Å². The number of aryl methyl sites for hydroxylation is 2. The third-order valence-electron chi connectivity index (χ3n) is 6.74. The summed E-state index contributed by atoms with van der Waals surface area (Å²) in [5.74, 6) is -0.393. The molecule has 2 fully saturated rings. The highest BCUT2D eigenvalue weighted by atomic mass is 16.6. The zero-order valence-corrected chi connectivity index (χ0v) is 21.4. The van der Waals surface area contributed by atoms with E-state index in [-0.39, 0.29) is 30.4 Å². The Labute approximate surface area is 204 Å². The van der Waals surface area contributed by atoms with Gasteiger partial charge < -0.3 is 20.3 Å². The predicted molar refractivity (Wildman–Crippen MR) is 132 cm³/mol. The number of amides is 3. The van der Waals surface area contributed by atoms with Gasteiger partial charge in [0.1, 0.15) is 18.2 Å². The summed E-state index contributed by atoms with van der Waals surface area (Å²) < 4.78 is 5.29. The molecule has 0 bridgehead atoms. The number of carbonyl (C=O) groups is 3. The Balaban J connectivity index is 1.86. The second kappa shape index (κ2) is 11.2. The van der Waals surface area contributed by atoms with E-state index in [1.807, 2.05) is 26.0 Å². The Hall–Kier alpha value is -2.57. The van der Waals surface area contributed by atoms with Crippen LogP contribution in [0.25, 0.3) is 0 Å². The van der Waals surface area contributed by atoms with Crippen LogP contribution in [0.5, 0.6) is 0 Å². The summed E-state index contributed by atoms with van der Waals surface area (Å²) in [5, 5.41) is 5.84. The number of rotatable bonds is 7. The molecule has 0 heterocycles. The van der Waals surface area contributed by atoms with Gasteiger partial charge in [-0.05, 0) is 77.8 Å². The number of hydrogen-bond acceptors (Lipinski definition) is 4. The molecule has 2 aliphatic carbocycles. The molecular formula is C27H41N3O4. The molecule has 0 aliphatic heterocycles. The normalized spacial score (nSPS) is 17.9. The second-order valence-electron chi connectivity index (χ2n) is 10.8. The van der Waals surface area contributed by atoms with E-state index in [1.165, 1.54) is 6.42 Å². The first-order chi connectivity index (χ1) is 16.0. The number of hydrogen-bond donors (Lipinski definition) is 2. The van der Waals surface area contributed by atoms with Gasteiger partial charge in [0.15, 0.2) is 0 Å². The fourth-order valence-electron chi connectivity index (χ4n) is 4.85. The van der Waals surface area contributed by atoms with E-state index in [1.54, 1.807) is 25.7 Å². The Kier molecular flexibility index (Phi) is 8.61. The van der Waals surface area contributed by atoms with Crippen LogP contribution in [0.2, 0.25) is 0 Å². The lowest BCUT2D eigenvalue weighted by Gasteiger charge is -2.43. The van der Waals surface area contributed by atoms with Crippen molar-refractivity contribution in [3.8, 4) is 0 Å². The van der Waals surface area contributed by atoms with Gasteiger partial charge in [0.2, 0.25) is 11.8 Å². The van der Waals surface area contributed by atoms with Crippen molar-refractivity contribution in [1.29, 1.82) is 0 Å². The predicted octanol–water partition coefficient (Wildman–Crippen LogP) is 4.70. The molecule has 0 aromatic heterocycles. The third kappa shape index (κ3) is 6.97. The number of nitrogens with zero attached hydrogens (tertiary/aromatic N) is 1. The maximum absolute atomic E-state index is 13.7. The minimum absolute atomic E-state index is 0.0178. The first-order valence-corrected chi connectivity index (χ1v) is 12.7. The first-order valence-electron chi connectivity index (χ1n) is 12.7. The number of benzene rings is 1. The molecular weight excluding hydrogens is 430 g/mol. The van der Waals surface area contributed by atoms with Crippen molar-refractivity contribution in [3.05, 3.63) is 34.9 Å². The molecule has 7 heteroatoms. The van der Waals surface area contributed by atoms with Gasteiger partial charge in [-0.2, -0.15) is 0 Å². The first kappa shape index (κ1) is 26.0. The molecule has 1 aromatic rings. The average molecular weight is 472 g/mol. The Bertz CT molecular complexity index is 882.